The van der Waals surface area contributed by atoms with Gasteiger partial charge in [0.25, 0.3) is 5.91 Å². The molecule has 1 aromatic rings. The number of benzene rings is 1. The number of hydrogen-bond donors (Lipinski definition) is 1. The molecule has 1 N–H and O–H groups in total. The van der Waals surface area contributed by atoms with Crippen molar-refractivity contribution in [1.29, 1.82) is 0 Å². The van der Waals surface area contributed by atoms with E-state index in [1.165, 1.54) is 19.1 Å². The second kappa shape index (κ2) is 7.97. The average molecular weight is 356 g/mol. The first-order valence-corrected chi connectivity index (χ1v) is 8.63. The van der Waals surface area contributed by atoms with E-state index in [4.69, 9.17) is 16.3 Å². The van der Waals surface area contributed by atoms with Crippen molar-refractivity contribution >= 4 is 23.5 Å². The van der Waals surface area contributed by atoms with Crippen molar-refractivity contribution in [2.45, 2.75) is 52.2 Å². The Bertz CT molecular complexity index is 622. The molecular formula is C18H23ClFNO3. The number of halogens is 2. The van der Waals surface area contributed by atoms with E-state index in [0.717, 1.165) is 25.3 Å². The second-order valence-electron chi connectivity index (χ2n) is 6.55. The summed E-state index contributed by atoms with van der Waals surface area (Å²) in [6.07, 6.45) is 2.14. The van der Waals surface area contributed by atoms with Crippen LogP contribution in [-0.2, 0) is 9.53 Å². The highest BCUT2D eigenvalue weighted by molar-refractivity contribution is 6.30. The fraction of sp³-hybridized carbons (Fsp3) is 0.556. The first-order valence-electron chi connectivity index (χ1n) is 8.26. The smallest absolute Gasteiger partial charge is 0.341 e. The zero-order chi connectivity index (χ0) is 17.9. The highest BCUT2D eigenvalue weighted by atomic mass is 35.5. The number of esters is 1. The third kappa shape index (κ3) is 4.47. The van der Waals surface area contributed by atoms with Gasteiger partial charge in [-0.2, -0.15) is 0 Å². The SMILES string of the molecule is C[C@H]1[C@H](C)CCC[C@H]1NC(=O)[C@H](C)OC(=O)c1cc(Cl)ccc1F. The Labute approximate surface area is 146 Å². The van der Waals surface area contributed by atoms with E-state index in [-0.39, 0.29) is 22.5 Å². The maximum atomic E-state index is 13.7. The topological polar surface area (TPSA) is 55.4 Å². The fourth-order valence-corrected chi connectivity index (χ4v) is 3.19. The molecule has 1 amide bonds. The van der Waals surface area contributed by atoms with Gasteiger partial charge >= 0.3 is 5.97 Å². The molecule has 1 aliphatic rings. The second-order valence-corrected chi connectivity index (χ2v) is 6.99. The molecular weight excluding hydrogens is 333 g/mol. The van der Waals surface area contributed by atoms with Crippen molar-refractivity contribution in [2.75, 3.05) is 0 Å². The molecule has 1 aliphatic carbocycles. The van der Waals surface area contributed by atoms with Gasteiger partial charge in [0, 0.05) is 11.1 Å². The highest BCUT2D eigenvalue weighted by Crippen LogP contribution is 2.29. The summed E-state index contributed by atoms with van der Waals surface area (Å²) in [5, 5.41) is 3.17. The van der Waals surface area contributed by atoms with Gasteiger partial charge in [0.05, 0.1) is 5.56 Å². The summed E-state index contributed by atoms with van der Waals surface area (Å²) in [5.41, 5.74) is -0.276. The van der Waals surface area contributed by atoms with E-state index < -0.39 is 17.9 Å². The average Bonchev–Trinajstić information content (AvgIpc) is 2.53. The number of carbonyl (C=O) groups excluding carboxylic acids is 2. The lowest BCUT2D eigenvalue weighted by molar-refractivity contribution is -0.130. The largest absolute Gasteiger partial charge is 0.449 e. The molecule has 1 saturated carbocycles. The lowest BCUT2D eigenvalue weighted by Gasteiger charge is -2.35. The van der Waals surface area contributed by atoms with Crippen molar-refractivity contribution in [3.8, 4) is 0 Å². The van der Waals surface area contributed by atoms with Crippen molar-refractivity contribution in [3.63, 3.8) is 0 Å². The number of nitrogens with one attached hydrogen (secondary N) is 1. The summed E-state index contributed by atoms with van der Waals surface area (Å²) >= 11 is 5.76. The summed E-state index contributed by atoms with van der Waals surface area (Å²) in [5.74, 6) is -1.08. The van der Waals surface area contributed by atoms with Gasteiger partial charge in [-0.15, -0.1) is 0 Å². The minimum absolute atomic E-state index is 0.0744. The van der Waals surface area contributed by atoms with Gasteiger partial charge in [0.1, 0.15) is 5.82 Å². The van der Waals surface area contributed by atoms with Crippen LogP contribution in [0.1, 0.15) is 50.4 Å². The molecule has 0 heterocycles. The molecule has 2 rings (SSSR count). The van der Waals surface area contributed by atoms with Crippen LogP contribution in [0.3, 0.4) is 0 Å². The van der Waals surface area contributed by atoms with Crippen molar-refractivity contribution < 1.29 is 18.7 Å². The Morgan fingerprint density at radius 1 is 1.33 bits per heavy atom. The Hall–Kier alpha value is -1.62. The molecule has 0 bridgehead atoms. The molecule has 0 aliphatic heterocycles. The number of ether oxygens (including phenoxy) is 1. The summed E-state index contributed by atoms with van der Waals surface area (Å²) in [7, 11) is 0. The van der Waals surface area contributed by atoms with Crippen LogP contribution in [0.2, 0.25) is 5.02 Å². The third-order valence-corrected chi connectivity index (χ3v) is 5.07. The van der Waals surface area contributed by atoms with Crippen LogP contribution in [0.5, 0.6) is 0 Å². The van der Waals surface area contributed by atoms with E-state index in [9.17, 15) is 14.0 Å². The standard InChI is InChI=1S/C18H23ClFNO3/c1-10-5-4-6-16(11(10)2)21-17(22)12(3)24-18(23)14-9-13(19)7-8-15(14)20/h7-12,16H,4-6H2,1-3H3,(H,21,22)/t10-,11+,12+,16-/m1/s1. The molecule has 4 nitrogen and oxygen atoms in total. The summed E-state index contributed by atoms with van der Waals surface area (Å²) in [6.45, 7) is 5.77. The van der Waals surface area contributed by atoms with Gasteiger partial charge in [0.15, 0.2) is 6.10 Å². The molecule has 0 saturated heterocycles. The van der Waals surface area contributed by atoms with E-state index in [1.54, 1.807) is 0 Å². The Morgan fingerprint density at radius 3 is 2.75 bits per heavy atom. The van der Waals surface area contributed by atoms with Crippen LogP contribution in [0.4, 0.5) is 4.39 Å². The molecule has 0 spiro atoms. The maximum Gasteiger partial charge on any atom is 0.341 e. The molecule has 0 unspecified atom stereocenters. The van der Waals surface area contributed by atoms with Crippen LogP contribution < -0.4 is 5.32 Å². The number of rotatable bonds is 4. The van der Waals surface area contributed by atoms with Crippen LogP contribution >= 0.6 is 11.6 Å². The van der Waals surface area contributed by atoms with Crippen LogP contribution in [-0.4, -0.2) is 24.0 Å². The molecule has 1 fully saturated rings. The van der Waals surface area contributed by atoms with Gasteiger partial charge in [0.2, 0.25) is 0 Å². The van der Waals surface area contributed by atoms with Crippen LogP contribution in [0.25, 0.3) is 0 Å². The summed E-state index contributed by atoms with van der Waals surface area (Å²) in [6, 6.07) is 3.70. The highest BCUT2D eigenvalue weighted by Gasteiger charge is 2.30. The molecule has 6 heteroatoms. The first kappa shape index (κ1) is 18.7. The predicted octanol–water partition coefficient (Wildman–Crippen LogP) is 3.97. The van der Waals surface area contributed by atoms with E-state index in [2.05, 4.69) is 19.2 Å². The van der Waals surface area contributed by atoms with Crippen molar-refractivity contribution in [2.24, 2.45) is 11.8 Å². The van der Waals surface area contributed by atoms with Crippen LogP contribution in [0, 0.1) is 17.7 Å². The van der Waals surface area contributed by atoms with Crippen LogP contribution in [0.15, 0.2) is 18.2 Å². The van der Waals surface area contributed by atoms with Gasteiger partial charge in [-0.25, -0.2) is 9.18 Å². The Balaban J connectivity index is 1.96. The van der Waals surface area contributed by atoms with Gasteiger partial charge < -0.3 is 10.1 Å². The van der Waals surface area contributed by atoms with Crippen molar-refractivity contribution in [3.05, 3.63) is 34.6 Å². The zero-order valence-corrected chi connectivity index (χ0v) is 14.9. The lowest BCUT2D eigenvalue weighted by Crippen LogP contribution is -2.47. The lowest BCUT2D eigenvalue weighted by atomic mass is 9.78. The maximum absolute atomic E-state index is 13.7. The normalized spacial score (nSPS) is 25.0. The molecule has 4 atom stereocenters. The van der Waals surface area contributed by atoms with Gasteiger partial charge in [-0.05, 0) is 43.4 Å². The minimum Gasteiger partial charge on any atom is -0.449 e. The molecule has 1 aromatic carbocycles. The number of hydrogen-bond acceptors (Lipinski definition) is 3. The Morgan fingerprint density at radius 2 is 2.04 bits per heavy atom. The monoisotopic (exact) mass is 355 g/mol. The number of carbonyl (C=O) groups is 2. The van der Waals surface area contributed by atoms with Gasteiger partial charge in [-0.1, -0.05) is 38.3 Å². The molecule has 0 radical (unpaired) electrons. The zero-order valence-electron chi connectivity index (χ0n) is 14.1. The first-order chi connectivity index (χ1) is 11.3. The molecule has 0 aromatic heterocycles. The van der Waals surface area contributed by atoms with E-state index >= 15 is 0 Å². The van der Waals surface area contributed by atoms with Gasteiger partial charge in [-0.3, -0.25) is 4.79 Å². The summed E-state index contributed by atoms with van der Waals surface area (Å²) in [4.78, 5) is 24.3. The van der Waals surface area contributed by atoms with E-state index in [0.29, 0.717) is 11.8 Å². The summed E-state index contributed by atoms with van der Waals surface area (Å²) < 4.78 is 18.8. The minimum atomic E-state index is -1.000. The Kier molecular flexibility index (Phi) is 6.21. The quantitative estimate of drug-likeness (QED) is 0.831. The molecule has 132 valence electrons. The fourth-order valence-electron chi connectivity index (χ4n) is 3.02. The number of amides is 1. The third-order valence-electron chi connectivity index (χ3n) is 4.84. The van der Waals surface area contributed by atoms with E-state index in [1.807, 2.05) is 0 Å². The van der Waals surface area contributed by atoms with Crippen molar-refractivity contribution in [1.82, 2.24) is 5.32 Å². The molecule has 24 heavy (non-hydrogen) atoms. The predicted molar refractivity (Wildman–Crippen MR) is 90.4 cm³/mol.